The van der Waals surface area contributed by atoms with Crippen LogP contribution in [0.1, 0.15) is 28.9 Å². The van der Waals surface area contributed by atoms with Gasteiger partial charge in [-0.15, -0.1) is 0 Å². The van der Waals surface area contributed by atoms with E-state index in [0.717, 1.165) is 42.9 Å². The van der Waals surface area contributed by atoms with Crippen molar-refractivity contribution in [2.75, 3.05) is 18.4 Å². The molecule has 0 bridgehead atoms. The summed E-state index contributed by atoms with van der Waals surface area (Å²) < 4.78 is 0. The summed E-state index contributed by atoms with van der Waals surface area (Å²) in [7, 11) is 0. The highest BCUT2D eigenvalue weighted by molar-refractivity contribution is 9.09. The van der Waals surface area contributed by atoms with E-state index in [4.69, 9.17) is 0 Å². The number of aryl methyl sites for hydroxylation is 1. The molecular weight excluding hydrogens is 270 g/mol. The number of nitrogens with one attached hydrogen (secondary N) is 1. The minimum absolute atomic E-state index is 0.110. The molecule has 88 valence electrons. The molecule has 1 N–H and O–H groups in total. The van der Waals surface area contributed by atoms with Gasteiger partial charge < -0.3 is 4.90 Å². The molecule has 0 saturated carbocycles. The molecule has 5 heteroatoms. The van der Waals surface area contributed by atoms with Gasteiger partial charge in [-0.2, -0.15) is 5.10 Å². The van der Waals surface area contributed by atoms with Crippen LogP contribution in [0.4, 0.5) is 0 Å². The summed E-state index contributed by atoms with van der Waals surface area (Å²) in [6, 6.07) is 0. The van der Waals surface area contributed by atoms with E-state index in [0.29, 0.717) is 5.56 Å². The molecule has 2 heterocycles. The SMILES string of the molecule is Cc1[nH]ncc1C(=O)N1CCC(CBr)CC1. The third-order valence-corrected chi connectivity index (χ3v) is 4.10. The van der Waals surface area contributed by atoms with Crippen LogP contribution in [0.15, 0.2) is 6.20 Å². The second kappa shape index (κ2) is 4.99. The molecule has 1 aliphatic heterocycles. The monoisotopic (exact) mass is 285 g/mol. The topological polar surface area (TPSA) is 49.0 Å². The number of amides is 1. The number of aromatic nitrogens is 2. The molecule has 0 unspecified atom stereocenters. The summed E-state index contributed by atoms with van der Waals surface area (Å²) >= 11 is 3.50. The number of hydrogen-bond acceptors (Lipinski definition) is 2. The Hall–Kier alpha value is -0.840. The second-order valence-electron chi connectivity index (χ2n) is 4.30. The fourth-order valence-corrected chi connectivity index (χ4v) is 2.67. The Morgan fingerprint density at radius 2 is 2.31 bits per heavy atom. The van der Waals surface area contributed by atoms with Gasteiger partial charge in [0.25, 0.3) is 5.91 Å². The molecule has 1 amide bonds. The van der Waals surface area contributed by atoms with Crippen LogP contribution in [0, 0.1) is 12.8 Å². The molecule has 0 aliphatic carbocycles. The summed E-state index contributed by atoms with van der Waals surface area (Å²) in [4.78, 5) is 14.1. The van der Waals surface area contributed by atoms with E-state index in [1.54, 1.807) is 6.20 Å². The van der Waals surface area contributed by atoms with Crippen LogP contribution in [0.25, 0.3) is 0 Å². The van der Waals surface area contributed by atoms with Crippen LogP contribution >= 0.6 is 15.9 Å². The van der Waals surface area contributed by atoms with Gasteiger partial charge in [0, 0.05) is 24.1 Å². The number of halogens is 1. The number of likely N-dealkylation sites (tertiary alicyclic amines) is 1. The molecule has 1 aliphatic rings. The highest BCUT2D eigenvalue weighted by Crippen LogP contribution is 2.20. The smallest absolute Gasteiger partial charge is 0.257 e. The van der Waals surface area contributed by atoms with E-state index < -0.39 is 0 Å². The normalized spacial score (nSPS) is 17.8. The summed E-state index contributed by atoms with van der Waals surface area (Å²) in [5.41, 5.74) is 1.56. The van der Waals surface area contributed by atoms with Crippen LogP contribution in [-0.2, 0) is 0 Å². The lowest BCUT2D eigenvalue weighted by atomic mass is 9.98. The Morgan fingerprint density at radius 1 is 1.62 bits per heavy atom. The number of piperidine rings is 1. The zero-order valence-electron chi connectivity index (χ0n) is 9.37. The summed E-state index contributed by atoms with van der Waals surface area (Å²) in [5, 5.41) is 7.73. The van der Waals surface area contributed by atoms with Crippen molar-refractivity contribution in [2.24, 2.45) is 5.92 Å². The lowest BCUT2D eigenvalue weighted by molar-refractivity contribution is 0.0698. The van der Waals surface area contributed by atoms with E-state index in [1.807, 2.05) is 11.8 Å². The molecule has 0 radical (unpaired) electrons. The van der Waals surface area contributed by atoms with Crippen LogP contribution < -0.4 is 0 Å². The van der Waals surface area contributed by atoms with Gasteiger partial charge in [0.1, 0.15) is 0 Å². The van der Waals surface area contributed by atoms with Crippen molar-refractivity contribution >= 4 is 21.8 Å². The van der Waals surface area contributed by atoms with Crippen molar-refractivity contribution < 1.29 is 4.79 Å². The molecule has 1 aromatic heterocycles. The number of H-pyrrole nitrogens is 1. The van der Waals surface area contributed by atoms with Gasteiger partial charge >= 0.3 is 0 Å². The molecule has 0 spiro atoms. The van der Waals surface area contributed by atoms with Crippen LogP contribution in [0.5, 0.6) is 0 Å². The Bertz CT molecular complexity index is 369. The maximum absolute atomic E-state index is 12.1. The molecule has 0 aromatic carbocycles. The van der Waals surface area contributed by atoms with Gasteiger partial charge in [-0.3, -0.25) is 9.89 Å². The number of hydrogen-bond donors (Lipinski definition) is 1. The quantitative estimate of drug-likeness (QED) is 0.845. The first-order chi connectivity index (χ1) is 7.72. The number of aromatic amines is 1. The Morgan fingerprint density at radius 3 is 2.81 bits per heavy atom. The molecule has 16 heavy (non-hydrogen) atoms. The van der Waals surface area contributed by atoms with E-state index in [2.05, 4.69) is 26.1 Å². The highest BCUT2D eigenvalue weighted by Gasteiger charge is 2.24. The maximum atomic E-state index is 12.1. The van der Waals surface area contributed by atoms with Gasteiger partial charge in [0.15, 0.2) is 0 Å². The Kier molecular flexibility index (Phi) is 3.63. The van der Waals surface area contributed by atoms with Crippen LogP contribution in [0.3, 0.4) is 0 Å². The third kappa shape index (κ3) is 2.29. The van der Waals surface area contributed by atoms with Crippen molar-refractivity contribution in [3.63, 3.8) is 0 Å². The average molecular weight is 286 g/mol. The maximum Gasteiger partial charge on any atom is 0.257 e. The second-order valence-corrected chi connectivity index (χ2v) is 4.95. The first-order valence-electron chi connectivity index (χ1n) is 5.57. The van der Waals surface area contributed by atoms with Gasteiger partial charge in [-0.25, -0.2) is 0 Å². The van der Waals surface area contributed by atoms with Gasteiger partial charge in [-0.05, 0) is 25.7 Å². The van der Waals surface area contributed by atoms with Crippen molar-refractivity contribution in [1.82, 2.24) is 15.1 Å². The van der Waals surface area contributed by atoms with Crippen molar-refractivity contribution in [2.45, 2.75) is 19.8 Å². The summed E-state index contributed by atoms with van der Waals surface area (Å²) in [6.45, 7) is 3.60. The molecule has 1 saturated heterocycles. The van der Waals surface area contributed by atoms with E-state index in [1.165, 1.54) is 0 Å². The van der Waals surface area contributed by atoms with E-state index in [-0.39, 0.29) is 5.91 Å². The van der Waals surface area contributed by atoms with E-state index >= 15 is 0 Å². The fraction of sp³-hybridized carbons (Fsp3) is 0.636. The Labute approximate surface area is 104 Å². The number of carbonyl (C=O) groups is 1. The predicted octanol–water partition coefficient (Wildman–Crippen LogP) is 1.97. The predicted molar refractivity (Wildman–Crippen MR) is 65.7 cm³/mol. The zero-order valence-corrected chi connectivity index (χ0v) is 11.0. The van der Waals surface area contributed by atoms with Crippen molar-refractivity contribution in [1.29, 1.82) is 0 Å². The average Bonchev–Trinajstić information content (AvgIpc) is 2.75. The number of carbonyl (C=O) groups excluding carboxylic acids is 1. The van der Waals surface area contributed by atoms with Gasteiger partial charge in [0.2, 0.25) is 0 Å². The van der Waals surface area contributed by atoms with Crippen LogP contribution in [0.2, 0.25) is 0 Å². The number of alkyl halides is 1. The summed E-state index contributed by atoms with van der Waals surface area (Å²) in [6.07, 6.45) is 3.80. The Balaban J connectivity index is 2.00. The van der Waals surface area contributed by atoms with Crippen LogP contribution in [-0.4, -0.2) is 39.4 Å². The lowest BCUT2D eigenvalue weighted by Crippen LogP contribution is -2.38. The third-order valence-electron chi connectivity index (χ3n) is 3.18. The summed E-state index contributed by atoms with van der Waals surface area (Å²) in [5.74, 6) is 0.828. The first-order valence-corrected chi connectivity index (χ1v) is 6.69. The molecule has 0 atom stereocenters. The molecule has 4 nitrogen and oxygen atoms in total. The lowest BCUT2D eigenvalue weighted by Gasteiger charge is -2.31. The van der Waals surface area contributed by atoms with Crippen molar-refractivity contribution in [3.8, 4) is 0 Å². The van der Waals surface area contributed by atoms with Gasteiger partial charge in [0.05, 0.1) is 11.8 Å². The zero-order chi connectivity index (χ0) is 11.5. The molecule has 1 fully saturated rings. The minimum atomic E-state index is 0.110. The van der Waals surface area contributed by atoms with Gasteiger partial charge in [-0.1, -0.05) is 15.9 Å². The first kappa shape index (κ1) is 11.6. The standard InChI is InChI=1S/C11H16BrN3O/c1-8-10(7-13-14-8)11(16)15-4-2-9(6-12)3-5-15/h7,9H,2-6H2,1H3,(H,13,14). The molecule has 1 aromatic rings. The van der Waals surface area contributed by atoms with Crippen molar-refractivity contribution in [3.05, 3.63) is 17.5 Å². The highest BCUT2D eigenvalue weighted by atomic mass is 79.9. The fourth-order valence-electron chi connectivity index (χ4n) is 2.03. The molecular formula is C11H16BrN3O. The largest absolute Gasteiger partial charge is 0.339 e. The number of nitrogens with zero attached hydrogens (tertiary/aromatic N) is 2. The minimum Gasteiger partial charge on any atom is -0.339 e. The molecule has 2 rings (SSSR count). The van der Waals surface area contributed by atoms with E-state index in [9.17, 15) is 4.79 Å². The number of rotatable bonds is 2.